The van der Waals surface area contributed by atoms with E-state index in [1.807, 2.05) is 11.8 Å². The molecule has 18 heavy (non-hydrogen) atoms. The summed E-state index contributed by atoms with van der Waals surface area (Å²) in [6.07, 6.45) is 8.06. The van der Waals surface area contributed by atoms with E-state index in [4.69, 9.17) is 4.99 Å². The molecule has 4 heteroatoms. The number of thioether (sulfide) groups is 2. The summed E-state index contributed by atoms with van der Waals surface area (Å²) >= 11 is 4.06. The predicted molar refractivity (Wildman–Crippen MR) is 83.7 cm³/mol. The highest BCUT2D eigenvalue weighted by Crippen LogP contribution is 2.39. The van der Waals surface area contributed by atoms with Gasteiger partial charge in [-0.15, -0.1) is 0 Å². The van der Waals surface area contributed by atoms with Gasteiger partial charge in [-0.25, -0.2) is 0 Å². The first-order chi connectivity index (χ1) is 8.76. The smallest absolute Gasteiger partial charge is 0.157 e. The summed E-state index contributed by atoms with van der Waals surface area (Å²) in [6, 6.07) is 0.595. The van der Waals surface area contributed by atoms with Gasteiger partial charge in [-0.3, -0.25) is 4.99 Å². The fraction of sp³-hybridized carbons (Fsp3) is 0.929. The van der Waals surface area contributed by atoms with Crippen LogP contribution >= 0.6 is 23.5 Å². The molecule has 2 aliphatic heterocycles. The molecule has 2 saturated heterocycles. The highest BCUT2D eigenvalue weighted by atomic mass is 32.2. The first kappa shape index (κ1) is 13.2. The highest BCUT2D eigenvalue weighted by molar-refractivity contribution is 8.14. The van der Waals surface area contributed by atoms with Crippen molar-refractivity contribution in [3.63, 3.8) is 0 Å². The van der Waals surface area contributed by atoms with Crippen molar-refractivity contribution in [3.05, 3.63) is 0 Å². The van der Waals surface area contributed by atoms with Gasteiger partial charge in [0, 0.05) is 11.3 Å². The van der Waals surface area contributed by atoms with Crippen molar-refractivity contribution in [2.75, 3.05) is 17.3 Å². The number of aliphatic imine (C=N–C) groups is 1. The predicted octanol–water partition coefficient (Wildman–Crippen LogP) is 3.52. The van der Waals surface area contributed by atoms with Gasteiger partial charge in [0.1, 0.15) is 0 Å². The second-order valence-corrected chi connectivity index (χ2v) is 8.36. The van der Waals surface area contributed by atoms with Crippen molar-refractivity contribution in [2.24, 2.45) is 10.9 Å². The lowest BCUT2D eigenvalue weighted by molar-refractivity contribution is 0.242. The van der Waals surface area contributed by atoms with Gasteiger partial charge in [-0.1, -0.05) is 31.5 Å². The first-order valence-corrected chi connectivity index (χ1v) is 9.46. The third-order valence-corrected chi connectivity index (χ3v) is 6.67. The molecule has 1 aliphatic carbocycles. The number of rotatable bonds is 1. The largest absolute Gasteiger partial charge is 0.359 e. The minimum Gasteiger partial charge on any atom is -0.359 e. The third-order valence-electron chi connectivity index (χ3n) is 4.44. The summed E-state index contributed by atoms with van der Waals surface area (Å²) in [5.74, 6) is 4.73. The van der Waals surface area contributed by atoms with Crippen molar-refractivity contribution >= 4 is 28.7 Å². The van der Waals surface area contributed by atoms with Gasteiger partial charge in [0.15, 0.2) is 5.17 Å². The van der Waals surface area contributed by atoms with Crippen LogP contribution in [0.25, 0.3) is 0 Å². The van der Waals surface area contributed by atoms with E-state index in [1.165, 1.54) is 61.0 Å². The van der Waals surface area contributed by atoms with Crippen LogP contribution in [0.5, 0.6) is 0 Å². The molecule has 0 aromatic rings. The van der Waals surface area contributed by atoms with Crippen LogP contribution in [0.1, 0.15) is 45.4 Å². The van der Waals surface area contributed by atoms with Gasteiger partial charge in [0.05, 0.1) is 6.04 Å². The molecule has 0 aromatic heterocycles. The maximum Gasteiger partial charge on any atom is 0.157 e. The van der Waals surface area contributed by atoms with Crippen LogP contribution in [-0.2, 0) is 0 Å². The fourth-order valence-corrected chi connectivity index (χ4v) is 5.80. The molecule has 102 valence electrons. The zero-order chi connectivity index (χ0) is 12.4. The van der Waals surface area contributed by atoms with Crippen molar-refractivity contribution in [1.29, 1.82) is 0 Å². The summed E-state index contributed by atoms with van der Waals surface area (Å²) in [5.41, 5.74) is 0.393. The second kappa shape index (κ2) is 5.66. The molecule has 3 fully saturated rings. The Hall–Kier alpha value is 0.170. The number of nitrogens with one attached hydrogen (secondary N) is 1. The molecule has 3 rings (SSSR count). The van der Waals surface area contributed by atoms with Gasteiger partial charge in [-0.2, -0.15) is 11.8 Å². The Morgan fingerprint density at radius 3 is 2.89 bits per heavy atom. The van der Waals surface area contributed by atoms with Gasteiger partial charge in [-0.05, 0) is 43.1 Å². The highest BCUT2D eigenvalue weighted by Gasteiger charge is 2.40. The normalized spacial score (nSPS) is 40.3. The van der Waals surface area contributed by atoms with E-state index in [-0.39, 0.29) is 0 Å². The number of nitrogens with zero attached hydrogens (tertiary/aromatic N) is 1. The maximum absolute atomic E-state index is 4.96. The minimum atomic E-state index is 0.393. The van der Waals surface area contributed by atoms with Crippen molar-refractivity contribution < 1.29 is 0 Å². The molecule has 1 N–H and O–H groups in total. The zero-order valence-electron chi connectivity index (χ0n) is 11.3. The topological polar surface area (TPSA) is 24.4 Å². The Kier molecular flexibility index (Phi) is 4.14. The lowest BCUT2D eigenvalue weighted by atomic mass is 9.78. The molecule has 3 aliphatic rings. The molecular formula is C14H24N2S2. The fourth-order valence-electron chi connectivity index (χ4n) is 3.46. The molecule has 2 unspecified atom stereocenters. The lowest BCUT2D eigenvalue weighted by Crippen LogP contribution is -2.47. The van der Waals surface area contributed by atoms with E-state index in [1.54, 1.807) is 0 Å². The first-order valence-electron chi connectivity index (χ1n) is 7.32. The van der Waals surface area contributed by atoms with Crippen LogP contribution in [0, 0.1) is 5.92 Å². The molecule has 2 nitrogen and oxygen atoms in total. The number of hydrogen-bond donors (Lipinski definition) is 1. The molecule has 0 amide bonds. The maximum atomic E-state index is 4.96. The minimum absolute atomic E-state index is 0.393. The van der Waals surface area contributed by atoms with Gasteiger partial charge in [0.2, 0.25) is 0 Å². The van der Waals surface area contributed by atoms with Crippen molar-refractivity contribution in [3.8, 4) is 0 Å². The summed E-state index contributed by atoms with van der Waals surface area (Å²) < 4.78 is 0. The van der Waals surface area contributed by atoms with Crippen LogP contribution in [0.15, 0.2) is 4.99 Å². The van der Waals surface area contributed by atoms with E-state index in [0.717, 1.165) is 5.92 Å². The van der Waals surface area contributed by atoms with E-state index in [9.17, 15) is 0 Å². The molecule has 2 heterocycles. The van der Waals surface area contributed by atoms with Crippen LogP contribution in [0.3, 0.4) is 0 Å². The molecule has 0 aromatic carbocycles. The monoisotopic (exact) mass is 284 g/mol. The average Bonchev–Trinajstić information content (AvgIpc) is 2.73. The third kappa shape index (κ3) is 3.01. The average molecular weight is 284 g/mol. The van der Waals surface area contributed by atoms with Crippen LogP contribution in [-0.4, -0.2) is 34.0 Å². The Morgan fingerprint density at radius 2 is 2.11 bits per heavy atom. The van der Waals surface area contributed by atoms with E-state index in [2.05, 4.69) is 24.0 Å². The number of amidine groups is 1. The standard InChI is InChI=1S/C14H24N2S2/c1-11-3-2-6-14(9-11)10-18-13(16-14)15-12-4-7-17-8-5-12/h11-12H,2-10H2,1H3,(H,15,16). The summed E-state index contributed by atoms with van der Waals surface area (Å²) in [5, 5.41) is 5.04. The Bertz CT molecular complexity index is 326. The quantitative estimate of drug-likeness (QED) is 0.797. The Morgan fingerprint density at radius 1 is 1.28 bits per heavy atom. The van der Waals surface area contributed by atoms with Crippen LogP contribution < -0.4 is 5.32 Å². The van der Waals surface area contributed by atoms with Crippen molar-refractivity contribution in [1.82, 2.24) is 5.32 Å². The summed E-state index contributed by atoms with van der Waals surface area (Å²) in [6.45, 7) is 2.40. The van der Waals surface area contributed by atoms with E-state index < -0.39 is 0 Å². The Labute approximate surface area is 119 Å². The Balaban J connectivity index is 1.61. The molecular weight excluding hydrogens is 260 g/mol. The van der Waals surface area contributed by atoms with E-state index in [0.29, 0.717) is 11.6 Å². The molecule has 0 bridgehead atoms. The van der Waals surface area contributed by atoms with Crippen LogP contribution in [0.2, 0.25) is 0 Å². The molecule has 1 spiro atoms. The van der Waals surface area contributed by atoms with Gasteiger partial charge < -0.3 is 5.32 Å². The molecule has 1 saturated carbocycles. The van der Waals surface area contributed by atoms with Crippen molar-refractivity contribution in [2.45, 2.75) is 57.0 Å². The second-order valence-electron chi connectivity index (χ2n) is 6.17. The summed E-state index contributed by atoms with van der Waals surface area (Å²) in [7, 11) is 0. The summed E-state index contributed by atoms with van der Waals surface area (Å²) in [4.78, 5) is 4.96. The van der Waals surface area contributed by atoms with Gasteiger partial charge in [0.25, 0.3) is 0 Å². The van der Waals surface area contributed by atoms with Gasteiger partial charge >= 0.3 is 0 Å². The SMILES string of the molecule is CC1CCCC2(CSC(=NC3CCSCC3)N2)C1. The number of hydrogen-bond acceptors (Lipinski definition) is 3. The molecule has 2 atom stereocenters. The zero-order valence-corrected chi connectivity index (χ0v) is 12.9. The van der Waals surface area contributed by atoms with Crippen LogP contribution in [0.4, 0.5) is 0 Å². The van der Waals surface area contributed by atoms with E-state index >= 15 is 0 Å². The lowest BCUT2D eigenvalue weighted by Gasteiger charge is -2.36. The molecule has 0 radical (unpaired) electrons.